The molecule has 0 radical (unpaired) electrons. The minimum Gasteiger partial charge on any atom is -0.455 e. The number of benzene rings is 10. The molecule has 2 aliphatic carbocycles. The number of furan rings is 1. The SMILES string of the molecule is c1ccc2c(c1)-c1ccccc1C21c2ccccc2-c2ccc(-c3ccc(N(c4ccc(-c5cccc6c5oc5ccccc56)cc4)c4cccc5ccccc45)cc3)cc21. The maximum atomic E-state index is 6.44. The van der Waals surface area contributed by atoms with Gasteiger partial charge in [-0.05, 0) is 109 Å². The number of rotatable bonds is 5. The fourth-order valence-electron chi connectivity index (χ4n) is 10.7. The number of hydrogen-bond acceptors (Lipinski definition) is 2. The van der Waals surface area contributed by atoms with E-state index >= 15 is 0 Å². The van der Waals surface area contributed by atoms with Gasteiger partial charge in [0.1, 0.15) is 11.2 Å². The van der Waals surface area contributed by atoms with Gasteiger partial charge >= 0.3 is 0 Å². The second kappa shape index (κ2) is 13.0. The fourth-order valence-corrected chi connectivity index (χ4v) is 10.7. The molecule has 0 aliphatic heterocycles. The Hall–Kier alpha value is -7.94. The van der Waals surface area contributed by atoms with Crippen LogP contribution in [0, 0.1) is 0 Å². The zero-order chi connectivity index (χ0) is 40.1. The van der Waals surface area contributed by atoms with Crippen molar-refractivity contribution in [1.29, 1.82) is 0 Å². The van der Waals surface area contributed by atoms with Gasteiger partial charge in [0, 0.05) is 33.1 Å². The normalized spacial score (nSPS) is 13.0. The van der Waals surface area contributed by atoms with E-state index in [1.165, 1.54) is 66.4 Å². The lowest BCUT2D eigenvalue weighted by Crippen LogP contribution is -2.25. The molecular formula is C59H37NO. The Balaban J connectivity index is 0.930. The lowest BCUT2D eigenvalue weighted by atomic mass is 9.70. The monoisotopic (exact) mass is 775 g/mol. The first-order valence-electron chi connectivity index (χ1n) is 21.1. The van der Waals surface area contributed by atoms with Gasteiger partial charge in [-0.15, -0.1) is 0 Å². The van der Waals surface area contributed by atoms with Crippen molar-refractivity contribution in [3.63, 3.8) is 0 Å². The topological polar surface area (TPSA) is 16.4 Å². The van der Waals surface area contributed by atoms with Crippen LogP contribution >= 0.6 is 0 Å². The third-order valence-electron chi connectivity index (χ3n) is 13.3. The summed E-state index contributed by atoms with van der Waals surface area (Å²) in [5.41, 5.74) is 20.1. The van der Waals surface area contributed by atoms with Crippen molar-refractivity contribution in [1.82, 2.24) is 0 Å². The van der Waals surface area contributed by atoms with E-state index in [4.69, 9.17) is 4.42 Å². The Kier molecular flexibility index (Phi) is 7.26. The molecule has 0 N–H and O–H groups in total. The summed E-state index contributed by atoms with van der Waals surface area (Å²) in [6.07, 6.45) is 0. The molecule has 0 fully saturated rings. The van der Waals surface area contributed by atoms with Crippen molar-refractivity contribution in [2.75, 3.05) is 4.90 Å². The molecule has 2 nitrogen and oxygen atoms in total. The molecule has 0 bridgehead atoms. The summed E-state index contributed by atoms with van der Waals surface area (Å²) >= 11 is 0. The fraction of sp³-hybridized carbons (Fsp3) is 0.0169. The lowest BCUT2D eigenvalue weighted by molar-refractivity contribution is 0.670. The molecule has 0 saturated carbocycles. The van der Waals surface area contributed by atoms with Gasteiger partial charge < -0.3 is 9.32 Å². The van der Waals surface area contributed by atoms with Gasteiger partial charge in [0.15, 0.2) is 0 Å². The molecule has 13 rings (SSSR count). The molecule has 61 heavy (non-hydrogen) atoms. The highest BCUT2D eigenvalue weighted by atomic mass is 16.3. The van der Waals surface area contributed by atoms with Crippen LogP contribution in [0.2, 0.25) is 0 Å². The van der Waals surface area contributed by atoms with E-state index in [2.05, 4.69) is 217 Å². The second-order valence-corrected chi connectivity index (χ2v) is 16.4. The first-order chi connectivity index (χ1) is 30.3. The van der Waals surface area contributed by atoms with Gasteiger partial charge in [-0.25, -0.2) is 0 Å². The van der Waals surface area contributed by atoms with E-state index in [1.807, 2.05) is 12.1 Å². The Morgan fingerprint density at radius 3 is 1.51 bits per heavy atom. The van der Waals surface area contributed by atoms with Gasteiger partial charge in [-0.1, -0.05) is 182 Å². The van der Waals surface area contributed by atoms with E-state index in [0.717, 1.165) is 50.1 Å². The zero-order valence-electron chi connectivity index (χ0n) is 33.2. The summed E-state index contributed by atoms with van der Waals surface area (Å²) in [6.45, 7) is 0. The third-order valence-corrected chi connectivity index (χ3v) is 13.3. The van der Waals surface area contributed by atoms with Crippen molar-refractivity contribution >= 4 is 49.8 Å². The minimum atomic E-state index is -0.373. The number of hydrogen-bond donors (Lipinski definition) is 0. The Morgan fingerprint density at radius 1 is 0.328 bits per heavy atom. The van der Waals surface area contributed by atoms with Crippen LogP contribution in [0.5, 0.6) is 0 Å². The Bertz CT molecular complexity index is 3470. The van der Waals surface area contributed by atoms with Crippen LogP contribution in [0.15, 0.2) is 229 Å². The van der Waals surface area contributed by atoms with Crippen LogP contribution in [-0.4, -0.2) is 0 Å². The molecule has 284 valence electrons. The molecule has 0 saturated heterocycles. The Morgan fingerprint density at radius 2 is 0.820 bits per heavy atom. The average molecular weight is 776 g/mol. The summed E-state index contributed by atoms with van der Waals surface area (Å²) in [4.78, 5) is 2.39. The highest BCUT2D eigenvalue weighted by molar-refractivity contribution is 6.09. The molecule has 0 amide bonds. The van der Waals surface area contributed by atoms with E-state index in [1.54, 1.807) is 0 Å². The third kappa shape index (κ3) is 4.85. The van der Waals surface area contributed by atoms with Crippen LogP contribution < -0.4 is 4.90 Å². The number of anilines is 3. The zero-order valence-corrected chi connectivity index (χ0v) is 33.2. The van der Waals surface area contributed by atoms with Gasteiger partial charge in [-0.3, -0.25) is 0 Å². The molecule has 0 atom stereocenters. The number of nitrogens with zero attached hydrogens (tertiary/aromatic N) is 1. The van der Waals surface area contributed by atoms with E-state index in [9.17, 15) is 0 Å². The van der Waals surface area contributed by atoms with Crippen LogP contribution in [0.25, 0.3) is 77.2 Å². The summed E-state index contributed by atoms with van der Waals surface area (Å²) in [6, 6.07) is 82.2. The molecular weight excluding hydrogens is 739 g/mol. The first kappa shape index (κ1) is 34.0. The van der Waals surface area contributed by atoms with Gasteiger partial charge in [0.2, 0.25) is 0 Å². The Labute approximate surface area is 354 Å². The number of fused-ring (bicyclic) bond motifs is 14. The van der Waals surface area contributed by atoms with E-state index in [-0.39, 0.29) is 5.41 Å². The highest BCUT2D eigenvalue weighted by Crippen LogP contribution is 2.63. The predicted molar refractivity (Wildman–Crippen MR) is 253 cm³/mol. The summed E-state index contributed by atoms with van der Waals surface area (Å²) in [5, 5.41) is 4.68. The standard InChI is InChI=1S/C59H37NO/c1-2-15-44-39(13-1)14-11-25-56(44)60(43-34-29-40(30-35-43)45-20-12-21-51-50-19-6-10-26-57(50)61-58(45)51)42-32-27-38(28-33-42)41-31-36-49-48-18-5-9-24-54(48)59(55(49)37-41)52-22-7-3-16-46(52)47-17-4-8-23-53(47)59/h1-37H. The van der Waals surface area contributed by atoms with Crippen molar-refractivity contribution in [2.45, 2.75) is 5.41 Å². The molecule has 11 aromatic rings. The van der Waals surface area contributed by atoms with Crippen LogP contribution in [0.3, 0.4) is 0 Å². The lowest BCUT2D eigenvalue weighted by Gasteiger charge is -2.30. The maximum absolute atomic E-state index is 6.44. The molecule has 1 heterocycles. The number of para-hydroxylation sites is 2. The first-order valence-corrected chi connectivity index (χ1v) is 21.1. The van der Waals surface area contributed by atoms with Crippen molar-refractivity contribution < 1.29 is 4.42 Å². The molecule has 10 aromatic carbocycles. The van der Waals surface area contributed by atoms with Crippen LogP contribution in [0.4, 0.5) is 17.1 Å². The molecule has 2 heteroatoms. The van der Waals surface area contributed by atoms with Gasteiger partial charge in [0.25, 0.3) is 0 Å². The van der Waals surface area contributed by atoms with Crippen molar-refractivity contribution in [3.05, 3.63) is 247 Å². The molecule has 2 aliphatic rings. The smallest absolute Gasteiger partial charge is 0.143 e. The van der Waals surface area contributed by atoms with Crippen LogP contribution in [0.1, 0.15) is 22.3 Å². The molecule has 0 unspecified atom stereocenters. The summed E-state index contributed by atoms with van der Waals surface area (Å²) in [5.74, 6) is 0. The van der Waals surface area contributed by atoms with E-state index < -0.39 is 0 Å². The second-order valence-electron chi connectivity index (χ2n) is 16.4. The minimum absolute atomic E-state index is 0.373. The summed E-state index contributed by atoms with van der Waals surface area (Å²) in [7, 11) is 0. The molecule has 1 aromatic heterocycles. The highest BCUT2D eigenvalue weighted by Gasteiger charge is 2.51. The van der Waals surface area contributed by atoms with Crippen LogP contribution in [-0.2, 0) is 5.41 Å². The van der Waals surface area contributed by atoms with Gasteiger partial charge in [-0.2, -0.15) is 0 Å². The maximum Gasteiger partial charge on any atom is 0.143 e. The van der Waals surface area contributed by atoms with E-state index in [0.29, 0.717) is 0 Å². The van der Waals surface area contributed by atoms with Gasteiger partial charge in [0.05, 0.1) is 11.1 Å². The average Bonchev–Trinajstić information content (AvgIpc) is 3.96. The molecule has 1 spiro atoms. The predicted octanol–water partition coefficient (Wildman–Crippen LogP) is 15.9. The summed E-state index contributed by atoms with van der Waals surface area (Å²) < 4.78 is 6.44. The van der Waals surface area contributed by atoms with Crippen molar-refractivity contribution in [3.8, 4) is 44.5 Å². The quantitative estimate of drug-likeness (QED) is 0.173. The van der Waals surface area contributed by atoms with Crippen molar-refractivity contribution in [2.24, 2.45) is 0 Å². The largest absolute Gasteiger partial charge is 0.455 e.